The zero-order valence-electron chi connectivity index (χ0n) is 24.5. The van der Waals surface area contributed by atoms with E-state index in [0.29, 0.717) is 68.5 Å². The van der Waals surface area contributed by atoms with E-state index in [9.17, 15) is 18.8 Å². The van der Waals surface area contributed by atoms with Crippen LogP contribution in [0.15, 0.2) is 36.7 Å². The number of nitrogens with zero attached hydrogens (tertiary/aromatic N) is 5. The lowest BCUT2D eigenvalue weighted by molar-refractivity contribution is -0.136. The second-order valence-electron chi connectivity index (χ2n) is 11.1. The summed E-state index contributed by atoms with van der Waals surface area (Å²) in [6.07, 6.45) is 4.54. The van der Waals surface area contributed by atoms with Crippen LogP contribution < -0.4 is 9.62 Å². The molecule has 0 radical (unpaired) electrons. The highest BCUT2D eigenvalue weighted by atomic mass is 35.5. The summed E-state index contributed by atoms with van der Waals surface area (Å²) in [7, 11) is 0. The molecule has 4 heterocycles. The van der Waals surface area contributed by atoms with Crippen LogP contribution in [0.25, 0.3) is 11.0 Å². The maximum atomic E-state index is 14.3. The van der Waals surface area contributed by atoms with Crippen LogP contribution in [-0.4, -0.2) is 80.7 Å². The fraction of sp³-hybridized carbons (Fsp3) is 0.500. The van der Waals surface area contributed by atoms with E-state index in [0.717, 1.165) is 22.3 Å². The lowest BCUT2D eigenvalue weighted by Crippen LogP contribution is -2.50. The second-order valence-corrected chi connectivity index (χ2v) is 12.5. The number of alkyl halides is 1. The zero-order chi connectivity index (χ0) is 31.3. The highest BCUT2D eigenvalue weighted by Crippen LogP contribution is 2.48. The molecule has 11 nitrogen and oxygen atoms in total. The van der Waals surface area contributed by atoms with Crippen molar-refractivity contribution < 1.29 is 28.6 Å². The summed E-state index contributed by atoms with van der Waals surface area (Å²) in [5.74, 6) is 0.189. The number of nitrogens with one attached hydrogen (secondary N) is 1. The highest BCUT2D eigenvalue weighted by molar-refractivity contribution is 7.97. The summed E-state index contributed by atoms with van der Waals surface area (Å²) in [6.45, 7) is 3.26. The summed E-state index contributed by atoms with van der Waals surface area (Å²) in [4.78, 5) is 50.3. The lowest BCUT2D eigenvalue weighted by Gasteiger charge is -2.38. The molecule has 0 bridgehead atoms. The van der Waals surface area contributed by atoms with Crippen LogP contribution in [0.1, 0.15) is 50.4 Å². The largest absolute Gasteiger partial charge is 0.481 e. The molecule has 1 unspecified atom stereocenters. The molecule has 2 amide bonds. The van der Waals surface area contributed by atoms with Gasteiger partial charge in [0.05, 0.1) is 48.0 Å². The Bertz CT molecular complexity index is 1510. The van der Waals surface area contributed by atoms with Gasteiger partial charge in [0.25, 0.3) is 0 Å². The number of piperidine rings is 1. The standard InChI is InChI=1S/C30H36ClFN6O5S/c1-20(17-34-44-15-7-27(39)40)43-29(42)36-13-8-30(9-14-36)22-6-11-33-18-25(22)38(28(30)41)19-26-35-23-16-21(31)4-5-24(23)37(26)12-3-2-10-32/h4-6,11,16,18,20,34H,2-3,7-10,12-15,17,19H2,1H3,(H,39,40). The van der Waals surface area contributed by atoms with Crippen LogP contribution in [0.4, 0.5) is 14.9 Å². The van der Waals surface area contributed by atoms with Crippen molar-refractivity contribution in [2.24, 2.45) is 0 Å². The summed E-state index contributed by atoms with van der Waals surface area (Å²) < 4.78 is 23.6. The molecule has 0 saturated carbocycles. The highest BCUT2D eigenvalue weighted by Gasteiger charge is 2.53. The number of halogens is 2. The van der Waals surface area contributed by atoms with E-state index >= 15 is 0 Å². The number of fused-ring (bicyclic) bond motifs is 3. The fourth-order valence-corrected chi connectivity index (χ4v) is 6.84. The molecule has 1 fully saturated rings. The number of amides is 2. The van der Waals surface area contributed by atoms with Gasteiger partial charge in [-0.2, -0.15) is 0 Å². The number of carboxylic acids is 1. The van der Waals surface area contributed by atoms with Gasteiger partial charge in [-0.05, 0) is 62.4 Å². The number of likely N-dealkylation sites (tertiary alicyclic amines) is 1. The number of aliphatic carboxylic acids is 1. The van der Waals surface area contributed by atoms with E-state index in [-0.39, 0.29) is 18.9 Å². The topological polar surface area (TPSA) is 130 Å². The average molecular weight is 647 g/mol. The first kappa shape index (κ1) is 32.0. The van der Waals surface area contributed by atoms with Crippen LogP contribution in [-0.2, 0) is 32.8 Å². The Hall–Kier alpha value is -3.42. The van der Waals surface area contributed by atoms with E-state index < -0.39 is 30.3 Å². The predicted octanol–water partition coefficient (Wildman–Crippen LogP) is 4.95. The van der Waals surface area contributed by atoms with Crippen molar-refractivity contribution in [3.63, 3.8) is 0 Å². The Morgan fingerprint density at radius 2 is 2.05 bits per heavy atom. The number of carbonyl (C=O) groups is 3. The van der Waals surface area contributed by atoms with Crippen molar-refractivity contribution in [3.05, 3.63) is 53.1 Å². The third-order valence-corrected chi connectivity index (χ3v) is 9.20. The Balaban J connectivity index is 1.27. The van der Waals surface area contributed by atoms with Gasteiger partial charge >= 0.3 is 12.1 Å². The van der Waals surface area contributed by atoms with Crippen LogP contribution in [0, 0.1) is 0 Å². The molecule has 1 atom stereocenters. The summed E-state index contributed by atoms with van der Waals surface area (Å²) >= 11 is 7.52. The van der Waals surface area contributed by atoms with E-state index in [1.165, 1.54) is 11.9 Å². The van der Waals surface area contributed by atoms with Crippen LogP contribution >= 0.6 is 23.5 Å². The third-order valence-electron chi connectivity index (χ3n) is 8.18. The monoisotopic (exact) mass is 646 g/mol. The van der Waals surface area contributed by atoms with Gasteiger partial charge in [-0.25, -0.2) is 9.78 Å². The van der Waals surface area contributed by atoms with Crippen molar-refractivity contribution in [3.8, 4) is 0 Å². The van der Waals surface area contributed by atoms with Gasteiger partial charge in [-0.3, -0.25) is 23.7 Å². The number of aromatic nitrogens is 3. The first-order valence-corrected chi connectivity index (χ1v) is 16.1. The molecule has 1 aromatic carbocycles. The lowest BCUT2D eigenvalue weighted by atomic mass is 9.74. The number of unbranched alkanes of at least 4 members (excludes halogenated alkanes) is 1. The SMILES string of the molecule is CC(CNSCCC(=O)O)OC(=O)N1CCC2(CC1)C(=O)N(Cc1nc3cc(Cl)ccc3n1CCCCF)c1cnccc12. The first-order valence-electron chi connectivity index (χ1n) is 14.7. The minimum atomic E-state index is -0.861. The number of pyridine rings is 1. The summed E-state index contributed by atoms with van der Waals surface area (Å²) in [5.41, 5.74) is 2.43. The van der Waals surface area contributed by atoms with Crippen molar-refractivity contribution in [2.75, 3.05) is 37.0 Å². The van der Waals surface area contributed by atoms with Gasteiger partial charge in [0.1, 0.15) is 11.9 Å². The van der Waals surface area contributed by atoms with Crippen molar-refractivity contribution in [2.45, 2.75) is 63.6 Å². The number of carbonyl (C=O) groups excluding carboxylic acids is 2. The quantitative estimate of drug-likeness (QED) is 0.196. The number of benzene rings is 1. The van der Waals surface area contributed by atoms with E-state index in [4.69, 9.17) is 26.4 Å². The molecule has 2 N–H and O–H groups in total. The molecule has 1 saturated heterocycles. The molecule has 2 aliphatic rings. The molecule has 44 heavy (non-hydrogen) atoms. The minimum absolute atomic E-state index is 0.0477. The van der Waals surface area contributed by atoms with Gasteiger partial charge in [-0.15, -0.1) is 0 Å². The smallest absolute Gasteiger partial charge is 0.410 e. The molecule has 5 rings (SSSR count). The Morgan fingerprint density at radius 1 is 1.25 bits per heavy atom. The van der Waals surface area contributed by atoms with Crippen molar-refractivity contribution >= 4 is 58.2 Å². The predicted molar refractivity (Wildman–Crippen MR) is 167 cm³/mol. The molecule has 3 aromatic rings. The molecule has 2 aromatic heterocycles. The van der Waals surface area contributed by atoms with Gasteiger partial charge in [-0.1, -0.05) is 23.5 Å². The van der Waals surface area contributed by atoms with E-state index in [1.807, 2.05) is 16.7 Å². The zero-order valence-corrected chi connectivity index (χ0v) is 26.1. The maximum absolute atomic E-state index is 14.3. The number of rotatable bonds is 13. The van der Waals surface area contributed by atoms with Crippen molar-refractivity contribution in [1.82, 2.24) is 24.2 Å². The first-order chi connectivity index (χ1) is 21.2. The Labute approximate surface area is 264 Å². The number of carboxylic acid groups (broad SMARTS) is 1. The molecule has 14 heteroatoms. The van der Waals surface area contributed by atoms with Crippen LogP contribution in [0.3, 0.4) is 0 Å². The average Bonchev–Trinajstić information content (AvgIpc) is 3.45. The van der Waals surface area contributed by atoms with E-state index in [2.05, 4.69) is 9.71 Å². The number of ether oxygens (including phenoxy) is 1. The molecule has 2 aliphatic heterocycles. The third kappa shape index (κ3) is 6.79. The summed E-state index contributed by atoms with van der Waals surface area (Å²) in [6, 6.07) is 7.38. The second kappa shape index (κ2) is 14.1. The molecular weight excluding hydrogens is 611 g/mol. The van der Waals surface area contributed by atoms with Crippen LogP contribution in [0.2, 0.25) is 5.02 Å². The molecule has 1 spiro atoms. The fourth-order valence-electron chi connectivity index (χ4n) is 5.90. The Kier molecular flexibility index (Phi) is 10.3. The number of imidazole rings is 1. The van der Waals surface area contributed by atoms with Crippen molar-refractivity contribution in [1.29, 1.82) is 0 Å². The number of aryl methyl sites for hydroxylation is 1. The Morgan fingerprint density at radius 3 is 2.80 bits per heavy atom. The maximum Gasteiger partial charge on any atom is 0.410 e. The van der Waals surface area contributed by atoms with Crippen LogP contribution in [0.5, 0.6) is 0 Å². The minimum Gasteiger partial charge on any atom is -0.481 e. The normalized spacial score (nSPS) is 16.5. The van der Waals surface area contributed by atoms with Gasteiger partial charge in [0, 0.05) is 43.2 Å². The number of anilines is 1. The van der Waals surface area contributed by atoms with Gasteiger partial charge in [0.15, 0.2) is 0 Å². The molecule has 236 valence electrons. The summed E-state index contributed by atoms with van der Waals surface area (Å²) in [5, 5.41) is 9.30. The number of hydrogen-bond donors (Lipinski definition) is 2. The van der Waals surface area contributed by atoms with E-state index in [1.54, 1.807) is 41.2 Å². The number of hydrogen-bond acceptors (Lipinski definition) is 8. The van der Waals surface area contributed by atoms with Gasteiger partial charge < -0.3 is 24.2 Å². The van der Waals surface area contributed by atoms with Gasteiger partial charge in [0.2, 0.25) is 5.91 Å². The molecular formula is C30H36ClFN6O5S. The molecule has 0 aliphatic carbocycles.